The summed E-state index contributed by atoms with van der Waals surface area (Å²) in [5.74, 6) is -2.13. The van der Waals surface area contributed by atoms with Gasteiger partial charge < -0.3 is 9.47 Å². The smallest absolute Gasteiger partial charge is 0.328 e. The Bertz CT molecular complexity index is 699. The molecule has 35 heavy (non-hydrogen) atoms. The molecule has 0 heterocycles. The number of ether oxygens (including phenoxy) is 2. The van der Waals surface area contributed by atoms with Crippen molar-refractivity contribution in [3.05, 3.63) is 30.1 Å². The lowest BCUT2D eigenvalue weighted by Gasteiger charge is -2.26. The second kappa shape index (κ2) is 19.3. The maximum atomic E-state index is 13.9. The molecule has 0 saturated heterocycles. The average Bonchev–Trinajstić information content (AvgIpc) is 2.86. The standard InChI is InChI=1S/C30H49FO4/c1-4-7-8-9-10-11-12-13-14-15-16-17-18-19-22-25-34-28(32)30(5-2,6-3)29(33)35-27-24-21-20-23-26(27)31/h20-21,23-24H,4-19,22,25H2,1-3H3. The van der Waals surface area contributed by atoms with Gasteiger partial charge in [-0.3, -0.25) is 9.59 Å². The summed E-state index contributed by atoms with van der Waals surface area (Å²) in [7, 11) is 0. The fourth-order valence-corrected chi connectivity index (χ4v) is 4.41. The van der Waals surface area contributed by atoms with Gasteiger partial charge in [0.05, 0.1) is 6.61 Å². The van der Waals surface area contributed by atoms with Crippen molar-refractivity contribution in [2.45, 2.75) is 130 Å². The molecule has 0 aliphatic heterocycles. The van der Waals surface area contributed by atoms with Crippen LogP contribution in [0.4, 0.5) is 4.39 Å². The molecular formula is C30H49FO4. The van der Waals surface area contributed by atoms with Gasteiger partial charge in [0, 0.05) is 0 Å². The van der Waals surface area contributed by atoms with Gasteiger partial charge in [-0.2, -0.15) is 0 Å². The van der Waals surface area contributed by atoms with E-state index < -0.39 is 23.2 Å². The van der Waals surface area contributed by atoms with E-state index in [0.717, 1.165) is 19.3 Å². The molecule has 0 fully saturated rings. The molecule has 0 spiro atoms. The molecular weight excluding hydrogens is 443 g/mol. The van der Waals surface area contributed by atoms with Crippen molar-refractivity contribution < 1.29 is 23.5 Å². The van der Waals surface area contributed by atoms with Crippen LogP contribution in [0.15, 0.2) is 24.3 Å². The average molecular weight is 493 g/mol. The fourth-order valence-electron chi connectivity index (χ4n) is 4.41. The number of rotatable bonds is 21. The number of hydrogen-bond acceptors (Lipinski definition) is 4. The molecule has 5 heteroatoms. The maximum Gasteiger partial charge on any atom is 0.328 e. The van der Waals surface area contributed by atoms with Crippen molar-refractivity contribution in [1.82, 2.24) is 0 Å². The Hall–Kier alpha value is -1.91. The van der Waals surface area contributed by atoms with Crippen LogP contribution < -0.4 is 4.74 Å². The first-order valence-electron chi connectivity index (χ1n) is 14.2. The summed E-state index contributed by atoms with van der Waals surface area (Å²) in [5.41, 5.74) is -1.40. The molecule has 1 aromatic rings. The van der Waals surface area contributed by atoms with Crippen molar-refractivity contribution in [3.8, 4) is 5.75 Å². The first kappa shape index (κ1) is 31.1. The van der Waals surface area contributed by atoms with Gasteiger partial charge in [-0.25, -0.2) is 4.39 Å². The summed E-state index contributed by atoms with van der Waals surface area (Å²) in [4.78, 5) is 25.5. The van der Waals surface area contributed by atoms with E-state index in [-0.39, 0.29) is 18.6 Å². The molecule has 0 aliphatic rings. The lowest BCUT2D eigenvalue weighted by molar-refractivity contribution is -0.168. The summed E-state index contributed by atoms with van der Waals surface area (Å²) >= 11 is 0. The third-order valence-electron chi connectivity index (χ3n) is 7.01. The minimum absolute atomic E-state index is 0.168. The first-order valence-corrected chi connectivity index (χ1v) is 14.2. The summed E-state index contributed by atoms with van der Waals surface area (Å²) in [6.07, 6.45) is 19.6. The molecule has 0 atom stereocenters. The van der Waals surface area contributed by atoms with Crippen LogP contribution in [0.1, 0.15) is 130 Å². The normalized spacial score (nSPS) is 11.4. The second-order valence-corrected chi connectivity index (χ2v) is 9.69. The van der Waals surface area contributed by atoms with Crippen LogP contribution in [0, 0.1) is 11.2 Å². The van der Waals surface area contributed by atoms with Crippen LogP contribution in [-0.2, 0) is 14.3 Å². The van der Waals surface area contributed by atoms with Crippen LogP contribution >= 0.6 is 0 Å². The van der Waals surface area contributed by atoms with Crippen molar-refractivity contribution in [3.63, 3.8) is 0 Å². The highest BCUT2D eigenvalue weighted by atomic mass is 19.1. The molecule has 1 rings (SSSR count). The molecule has 4 nitrogen and oxygen atoms in total. The number of para-hydroxylation sites is 1. The highest BCUT2D eigenvalue weighted by Gasteiger charge is 2.46. The van der Waals surface area contributed by atoms with Gasteiger partial charge in [-0.1, -0.05) is 123 Å². The summed E-state index contributed by atoms with van der Waals surface area (Å²) in [5, 5.41) is 0. The van der Waals surface area contributed by atoms with Gasteiger partial charge in [0.1, 0.15) is 0 Å². The molecule has 0 aromatic heterocycles. The fraction of sp³-hybridized carbons (Fsp3) is 0.733. The highest BCUT2D eigenvalue weighted by Crippen LogP contribution is 2.31. The Labute approximate surface area is 213 Å². The van der Waals surface area contributed by atoms with E-state index in [0.29, 0.717) is 6.61 Å². The number of unbranched alkanes of at least 4 members (excludes halogenated alkanes) is 14. The lowest BCUT2D eigenvalue weighted by Crippen LogP contribution is -2.42. The van der Waals surface area contributed by atoms with Crippen LogP contribution in [0.5, 0.6) is 5.75 Å². The monoisotopic (exact) mass is 492 g/mol. The van der Waals surface area contributed by atoms with E-state index in [9.17, 15) is 14.0 Å². The zero-order valence-electron chi connectivity index (χ0n) is 22.5. The first-order chi connectivity index (χ1) is 17.0. The lowest BCUT2D eigenvalue weighted by atomic mass is 9.82. The second-order valence-electron chi connectivity index (χ2n) is 9.69. The SMILES string of the molecule is CCCCCCCCCCCCCCCCCOC(=O)C(CC)(CC)C(=O)Oc1ccccc1F. The Balaban J connectivity index is 2.15. The van der Waals surface area contributed by atoms with Crippen LogP contribution in [0.25, 0.3) is 0 Å². The van der Waals surface area contributed by atoms with Crippen LogP contribution in [-0.4, -0.2) is 18.5 Å². The highest BCUT2D eigenvalue weighted by molar-refractivity contribution is 6.00. The quantitative estimate of drug-likeness (QED) is 0.0743. The molecule has 0 radical (unpaired) electrons. The molecule has 1 aromatic carbocycles. The Morgan fingerprint density at radius 2 is 1.14 bits per heavy atom. The molecule has 0 amide bonds. The summed E-state index contributed by atoms with van der Waals surface area (Å²) in [6.45, 7) is 6.06. The van der Waals surface area contributed by atoms with E-state index in [2.05, 4.69) is 6.92 Å². The van der Waals surface area contributed by atoms with E-state index in [4.69, 9.17) is 9.47 Å². The van der Waals surface area contributed by atoms with Gasteiger partial charge >= 0.3 is 11.9 Å². The zero-order chi connectivity index (χ0) is 25.8. The number of hydrogen-bond donors (Lipinski definition) is 0. The van der Waals surface area contributed by atoms with Crippen molar-refractivity contribution in [2.75, 3.05) is 6.61 Å². The molecule has 0 unspecified atom stereocenters. The molecule has 0 N–H and O–H groups in total. The van der Waals surface area contributed by atoms with Crippen molar-refractivity contribution in [1.29, 1.82) is 0 Å². The van der Waals surface area contributed by atoms with Gasteiger partial charge in [-0.15, -0.1) is 0 Å². The maximum absolute atomic E-state index is 13.9. The number of halogens is 1. The van der Waals surface area contributed by atoms with Crippen LogP contribution in [0.2, 0.25) is 0 Å². The third kappa shape index (κ3) is 12.1. The Morgan fingerprint density at radius 1 is 0.686 bits per heavy atom. The molecule has 0 aliphatic carbocycles. The molecule has 0 bridgehead atoms. The van der Waals surface area contributed by atoms with E-state index in [1.54, 1.807) is 19.9 Å². The van der Waals surface area contributed by atoms with Crippen LogP contribution in [0.3, 0.4) is 0 Å². The number of carbonyl (C=O) groups excluding carboxylic acids is 2. The molecule has 0 saturated carbocycles. The van der Waals surface area contributed by atoms with Gasteiger partial charge in [0.2, 0.25) is 0 Å². The van der Waals surface area contributed by atoms with Crippen molar-refractivity contribution >= 4 is 11.9 Å². The zero-order valence-corrected chi connectivity index (χ0v) is 22.5. The molecule has 200 valence electrons. The summed E-state index contributed by atoms with van der Waals surface area (Å²) in [6, 6.07) is 5.70. The largest absolute Gasteiger partial charge is 0.465 e. The van der Waals surface area contributed by atoms with E-state index >= 15 is 0 Å². The summed E-state index contributed by atoms with van der Waals surface area (Å²) < 4.78 is 24.6. The predicted octanol–water partition coefficient (Wildman–Crippen LogP) is 8.95. The van der Waals surface area contributed by atoms with Gasteiger partial charge in [-0.05, 0) is 31.4 Å². The minimum Gasteiger partial charge on any atom is -0.465 e. The Kier molecular flexibility index (Phi) is 17.2. The third-order valence-corrected chi connectivity index (χ3v) is 7.01. The number of esters is 2. The van der Waals surface area contributed by atoms with E-state index in [1.165, 1.54) is 95.2 Å². The topological polar surface area (TPSA) is 52.6 Å². The van der Waals surface area contributed by atoms with Gasteiger partial charge in [0.25, 0.3) is 0 Å². The Morgan fingerprint density at radius 3 is 1.60 bits per heavy atom. The minimum atomic E-state index is -1.40. The van der Waals surface area contributed by atoms with E-state index in [1.807, 2.05) is 0 Å². The number of benzene rings is 1. The van der Waals surface area contributed by atoms with Crippen molar-refractivity contribution in [2.24, 2.45) is 5.41 Å². The number of carbonyl (C=O) groups is 2. The predicted molar refractivity (Wildman–Crippen MR) is 141 cm³/mol. The van der Waals surface area contributed by atoms with Gasteiger partial charge in [0.15, 0.2) is 17.0 Å².